The quantitative estimate of drug-likeness (QED) is 0.922. The fourth-order valence-corrected chi connectivity index (χ4v) is 2.40. The summed E-state index contributed by atoms with van der Waals surface area (Å²) < 4.78 is 5.36. The Hall–Kier alpha value is -1.82. The molecule has 0 bridgehead atoms. The molecule has 1 saturated heterocycles. The zero-order valence-electron chi connectivity index (χ0n) is 11.9. The molecular formula is C16H19N3O2. The predicted molar refractivity (Wildman–Crippen MR) is 79.5 cm³/mol. The molecule has 0 amide bonds. The number of nitrogens with zero attached hydrogens (tertiary/aromatic N) is 3. The lowest BCUT2D eigenvalue weighted by Gasteiger charge is -2.26. The van der Waals surface area contributed by atoms with Crippen LogP contribution in [-0.4, -0.2) is 46.3 Å². The molecule has 1 aromatic heterocycles. The summed E-state index contributed by atoms with van der Waals surface area (Å²) >= 11 is 0. The lowest BCUT2D eigenvalue weighted by molar-refractivity contribution is 0.0342. The van der Waals surface area contributed by atoms with Crippen molar-refractivity contribution in [3.63, 3.8) is 0 Å². The molecule has 0 spiro atoms. The van der Waals surface area contributed by atoms with Crippen LogP contribution in [-0.2, 0) is 17.9 Å². The van der Waals surface area contributed by atoms with Gasteiger partial charge in [0, 0.05) is 31.4 Å². The maximum Gasteiger partial charge on any atom is 0.159 e. The number of morpholine rings is 1. The van der Waals surface area contributed by atoms with E-state index in [-0.39, 0.29) is 6.61 Å². The summed E-state index contributed by atoms with van der Waals surface area (Å²) in [7, 11) is 0. The van der Waals surface area contributed by atoms with E-state index in [0.717, 1.165) is 38.4 Å². The van der Waals surface area contributed by atoms with Crippen LogP contribution in [0.5, 0.6) is 0 Å². The van der Waals surface area contributed by atoms with E-state index in [1.807, 2.05) is 12.1 Å². The number of aliphatic hydroxyl groups is 1. The van der Waals surface area contributed by atoms with Gasteiger partial charge in [0.2, 0.25) is 0 Å². The molecule has 0 atom stereocenters. The van der Waals surface area contributed by atoms with Gasteiger partial charge >= 0.3 is 0 Å². The number of aromatic nitrogens is 2. The van der Waals surface area contributed by atoms with Crippen molar-refractivity contribution in [3.8, 4) is 11.4 Å². The number of benzene rings is 1. The molecule has 1 fully saturated rings. The van der Waals surface area contributed by atoms with Crippen LogP contribution in [0.25, 0.3) is 11.4 Å². The monoisotopic (exact) mass is 285 g/mol. The molecule has 2 heterocycles. The van der Waals surface area contributed by atoms with Crippen LogP contribution < -0.4 is 0 Å². The molecule has 0 saturated carbocycles. The smallest absolute Gasteiger partial charge is 0.159 e. The molecular weight excluding hydrogens is 266 g/mol. The van der Waals surface area contributed by atoms with Crippen LogP contribution in [0, 0.1) is 0 Å². The largest absolute Gasteiger partial charge is 0.390 e. The number of rotatable bonds is 4. The number of ether oxygens (including phenoxy) is 1. The van der Waals surface area contributed by atoms with Crippen LogP contribution in [0.3, 0.4) is 0 Å². The van der Waals surface area contributed by atoms with Crippen LogP contribution in [0.2, 0.25) is 0 Å². The fourth-order valence-electron chi connectivity index (χ4n) is 2.40. The van der Waals surface area contributed by atoms with Gasteiger partial charge < -0.3 is 9.84 Å². The zero-order valence-corrected chi connectivity index (χ0v) is 11.9. The van der Waals surface area contributed by atoms with Gasteiger partial charge in [0.05, 0.1) is 25.5 Å². The first-order chi connectivity index (χ1) is 10.3. The van der Waals surface area contributed by atoms with Crippen LogP contribution in [0.4, 0.5) is 0 Å². The van der Waals surface area contributed by atoms with Crippen molar-refractivity contribution in [2.45, 2.75) is 13.2 Å². The van der Waals surface area contributed by atoms with Gasteiger partial charge in [-0.2, -0.15) is 0 Å². The van der Waals surface area contributed by atoms with Gasteiger partial charge in [-0.05, 0) is 11.6 Å². The molecule has 1 aliphatic rings. The average molecular weight is 285 g/mol. The highest BCUT2D eigenvalue weighted by Gasteiger charge is 2.10. The Bertz CT molecular complexity index is 580. The Kier molecular flexibility index (Phi) is 4.55. The van der Waals surface area contributed by atoms with Crippen LogP contribution >= 0.6 is 0 Å². The van der Waals surface area contributed by atoms with Crippen molar-refractivity contribution in [3.05, 3.63) is 47.8 Å². The van der Waals surface area contributed by atoms with E-state index in [1.54, 1.807) is 12.3 Å². The first kappa shape index (κ1) is 14.1. The molecule has 110 valence electrons. The van der Waals surface area contributed by atoms with Gasteiger partial charge in [-0.3, -0.25) is 4.90 Å². The van der Waals surface area contributed by atoms with Gasteiger partial charge in [0.1, 0.15) is 0 Å². The maximum atomic E-state index is 9.13. The van der Waals surface area contributed by atoms with Gasteiger partial charge in [-0.1, -0.05) is 24.3 Å². The third-order valence-electron chi connectivity index (χ3n) is 3.60. The Labute approximate surface area is 124 Å². The van der Waals surface area contributed by atoms with Gasteiger partial charge in [-0.25, -0.2) is 9.97 Å². The fraction of sp³-hybridized carbons (Fsp3) is 0.375. The summed E-state index contributed by atoms with van der Waals surface area (Å²) in [6, 6.07) is 10.0. The summed E-state index contributed by atoms with van der Waals surface area (Å²) in [6.07, 6.45) is 1.68. The van der Waals surface area contributed by atoms with Crippen molar-refractivity contribution >= 4 is 0 Å². The molecule has 1 aliphatic heterocycles. The van der Waals surface area contributed by atoms with Crippen molar-refractivity contribution in [1.82, 2.24) is 14.9 Å². The maximum absolute atomic E-state index is 9.13. The third kappa shape index (κ3) is 3.64. The highest BCUT2D eigenvalue weighted by atomic mass is 16.5. The van der Waals surface area contributed by atoms with E-state index in [4.69, 9.17) is 9.84 Å². The predicted octanol–water partition coefficient (Wildman–Crippen LogP) is 1.47. The Balaban J connectivity index is 1.70. The summed E-state index contributed by atoms with van der Waals surface area (Å²) in [4.78, 5) is 11.0. The van der Waals surface area contributed by atoms with E-state index in [0.29, 0.717) is 11.5 Å². The first-order valence-electron chi connectivity index (χ1n) is 7.17. The molecule has 21 heavy (non-hydrogen) atoms. The Morgan fingerprint density at radius 3 is 2.57 bits per heavy atom. The van der Waals surface area contributed by atoms with Gasteiger partial charge in [-0.15, -0.1) is 0 Å². The summed E-state index contributed by atoms with van der Waals surface area (Å²) in [6.45, 7) is 4.50. The second-order valence-electron chi connectivity index (χ2n) is 5.12. The molecule has 5 heteroatoms. The molecule has 2 aromatic rings. The lowest BCUT2D eigenvalue weighted by Crippen LogP contribution is -2.35. The first-order valence-corrected chi connectivity index (χ1v) is 7.17. The van der Waals surface area contributed by atoms with E-state index >= 15 is 0 Å². The summed E-state index contributed by atoms with van der Waals surface area (Å²) in [5.74, 6) is 0.652. The molecule has 1 N–H and O–H groups in total. The van der Waals surface area contributed by atoms with Crippen molar-refractivity contribution < 1.29 is 9.84 Å². The van der Waals surface area contributed by atoms with Crippen LogP contribution in [0.15, 0.2) is 36.5 Å². The minimum atomic E-state index is -0.0648. The van der Waals surface area contributed by atoms with Crippen molar-refractivity contribution in [2.24, 2.45) is 0 Å². The highest BCUT2D eigenvalue weighted by molar-refractivity contribution is 5.55. The van der Waals surface area contributed by atoms with Crippen LogP contribution in [0.1, 0.15) is 11.3 Å². The van der Waals surface area contributed by atoms with Gasteiger partial charge in [0.15, 0.2) is 5.82 Å². The SMILES string of the molecule is OCc1ccnc(-c2ccc(CN3CCOCC3)cc2)n1. The van der Waals surface area contributed by atoms with E-state index < -0.39 is 0 Å². The normalized spacial score (nSPS) is 16.0. The van der Waals surface area contributed by atoms with Crippen molar-refractivity contribution in [2.75, 3.05) is 26.3 Å². The molecule has 3 rings (SSSR count). The zero-order chi connectivity index (χ0) is 14.5. The topological polar surface area (TPSA) is 58.5 Å². The van der Waals surface area contributed by atoms with E-state index in [2.05, 4.69) is 27.0 Å². The molecule has 1 aromatic carbocycles. The molecule has 0 radical (unpaired) electrons. The van der Waals surface area contributed by atoms with Crippen molar-refractivity contribution in [1.29, 1.82) is 0 Å². The number of hydrogen-bond donors (Lipinski definition) is 1. The number of hydrogen-bond acceptors (Lipinski definition) is 5. The minimum absolute atomic E-state index is 0.0648. The molecule has 5 nitrogen and oxygen atoms in total. The Morgan fingerprint density at radius 1 is 1.10 bits per heavy atom. The second-order valence-corrected chi connectivity index (χ2v) is 5.12. The molecule has 0 unspecified atom stereocenters. The third-order valence-corrected chi connectivity index (χ3v) is 3.60. The lowest BCUT2D eigenvalue weighted by atomic mass is 10.1. The van der Waals surface area contributed by atoms with E-state index in [9.17, 15) is 0 Å². The Morgan fingerprint density at radius 2 is 1.86 bits per heavy atom. The van der Waals surface area contributed by atoms with Gasteiger partial charge in [0.25, 0.3) is 0 Å². The minimum Gasteiger partial charge on any atom is -0.390 e. The average Bonchev–Trinajstić information content (AvgIpc) is 2.56. The summed E-state index contributed by atoms with van der Waals surface area (Å²) in [5, 5.41) is 9.13. The highest BCUT2D eigenvalue weighted by Crippen LogP contribution is 2.17. The van der Waals surface area contributed by atoms with E-state index in [1.165, 1.54) is 5.56 Å². The molecule has 0 aliphatic carbocycles. The standard InChI is InChI=1S/C16H19N3O2/c20-12-15-5-6-17-16(18-15)14-3-1-13(2-4-14)11-19-7-9-21-10-8-19/h1-6,20H,7-12H2. The second kappa shape index (κ2) is 6.76. The number of aliphatic hydroxyl groups excluding tert-OH is 1. The summed E-state index contributed by atoms with van der Waals surface area (Å²) in [5.41, 5.74) is 2.88.